The van der Waals surface area contributed by atoms with E-state index in [1.165, 1.54) is 28.6 Å². The van der Waals surface area contributed by atoms with E-state index in [1.54, 1.807) is 25.1 Å². The topological polar surface area (TPSA) is 129 Å². The fraction of sp³-hybridized carbons (Fsp3) is 0.273. The highest BCUT2D eigenvalue weighted by Crippen LogP contribution is 2.28. The average molecular weight is 452 g/mol. The second-order valence-electron chi connectivity index (χ2n) is 7.49. The minimum absolute atomic E-state index is 0.142. The van der Waals surface area contributed by atoms with Crippen LogP contribution in [0.4, 0.5) is 5.69 Å². The summed E-state index contributed by atoms with van der Waals surface area (Å²) < 4.78 is 32.2. The fourth-order valence-electron chi connectivity index (χ4n) is 3.64. The molecule has 164 valence electrons. The Morgan fingerprint density at radius 1 is 1.16 bits per heavy atom. The zero-order valence-corrected chi connectivity index (χ0v) is 18.2. The molecule has 1 aliphatic heterocycles. The summed E-state index contributed by atoms with van der Waals surface area (Å²) in [6.07, 6.45) is 0.815. The van der Waals surface area contributed by atoms with Crippen molar-refractivity contribution in [3.63, 3.8) is 0 Å². The maximum Gasteiger partial charge on any atom is 0.243 e. The number of carbonyl (C=O) groups excluding carboxylic acids is 1. The zero-order valence-electron chi connectivity index (χ0n) is 17.4. The fourth-order valence-corrected chi connectivity index (χ4v) is 5.11. The molecule has 32 heavy (non-hydrogen) atoms. The molecule has 0 radical (unpaired) electrons. The third-order valence-corrected chi connectivity index (χ3v) is 7.31. The summed E-state index contributed by atoms with van der Waals surface area (Å²) in [5, 5.41) is 15.7. The first-order chi connectivity index (χ1) is 15.4. The number of rotatable bonds is 5. The van der Waals surface area contributed by atoms with Crippen LogP contribution in [-0.4, -0.2) is 41.9 Å². The van der Waals surface area contributed by atoms with Gasteiger partial charge in [-0.15, -0.1) is 0 Å². The maximum atomic E-state index is 12.9. The number of sulfonamides is 1. The lowest BCUT2D eigenvalue weighted by molar-refractivity contribution is -0.120. The molecule has 0 atom stereocenters. The van der Waals surface area contributed by atoms with Crippen LogP contribution in [0.25, 0.3) is 11.4 Å². The number of para-hydroxylation sites is 1. The Morgan fingerprint density at radius 2 is 1.84 bits per heavy atom. The Morgan fingerprint density at radius 3 is 2.47 bits per heavy atom. The van der Waals surface area contributed by atoms with Crippen LogP contribution in [0.3, 0.4) is 0 Å². The third kappa shape index (κ3) is 4.39. The first-order valence-corrected chi connectivity index (χ1v) is 11.5. The Hall–Kier alpha value is -3.55. The normalized spacial score (nSPS) is 15.2. The van der Waals surface area contributed by atoms with E-state index in [1.807, 2.05) is 12.1 Å². The van der Waals surface area contributed by atoms with Crippen molar-refractivity contribution < 1.29 is 17.7 Å². The second kappa shape index (κ2) is 8.90. The molecule has 0 saturated carbocycles. The number of hydrogen-bond donors (Lipinski definition) is 1. The van der Waals surface area contributed by atoms with Gasteiger partial charge in [0.25, 0.3) is 0 Å². The number of benzene rings is 2. The number of anilines is 1. The van der Waals surface area contributed by atoms with Crippen molar-refractivity contribution in [2.24, 2.45) is 5.92 Å². The predicted octanol–water partition coefficient (Wildman–Crippen LogP) is 2.96. The second-order valence-corrected chi connectivity index (χ2v) is 9.42. The van der Waals surface area contributed by atoms with E-state index in [0.717, 1.165) is 0 Å². The van der Waals surface area contributed by atoms with E-state index in [-0.39, 0.29) is 29.8 Å². The molecule has 10 heteroatoms. The Labute approximate surface area is 185 Å². The maximum absolute atomic E-state index is 12.9. The smallest absolute Gasteiger partial charge is 0.243 e. The van der Waals surface area contributed by atoms with Crippen molar-refractivity contribution >= 4 is 21.6 Å². The number of nitrogens with one attached hydrogen (secondary N) is 1. The summed E-state index contributed by atoms with van der Waals surface area (Å²) in [5.74, 6) is 0.328. The molecule has 2 aromatic carbocycles. The van der Waals surface area contributed by atoms with Crippen LogP contribution >= 0.6 is 0 Å². The third-order valence-electron chi connectivity index (χ3n) is 5.40. The standard InChI is InChI=1S/C22H21N5O4S/c1-15-24-21(26-31-15)19-4-2-3-5-20(19)25-22(28)17-10-12-27(13-11-17)32(29,30)18-8-6-16(14-23)7-9-18/h2-9,17H,10-13H2,1H3,(H,25,28). The van der Waals surface area contributed by atoms with Crippen LogP contribution < -0.4 is 5.32 Å². The lowest BCUT2D eigenvalue weighted by Crippen LogP contribution is -2.41. The first kappa shape index (κ1) is 21.7. The van der Waals surface area contributed by atoms with Crippen molar-refractivity contribution in [1.82, 2.24) is 14.4 Å². The highest BCUT2D eigenvalue weighted by Gasteiger charge is 2.32. The number of piperidine rings is 1. The van der Waals surface area contributed by atoms with Crippen LogP contribution in [0.1, 0.15) is 24.3 Å². The Kier molecular flexibility index (Phi) is 6.03. The molecule has 3 aromatic rings. The van der Waals surface area contributed by atoms with Crippen molar-refractivity contribution in [2.75, 3.05) is 18.4 Å². The van der Waals surface area contributed by atoms with Gasteiger partial charge in [0.2, 0.25) is 27.6 Å². The molecule has 4 rings (SSSR count). The van der Waals surface area contributed by atoms with Gasteiger partial charge in [0, 0.05) is 31.5 Å². The van der Waals surface area contributed by atoms with Gasteiger partial charge in [0.15, 0.2) is 0 Å². The van der Waals surface area contributed by atoms with Gasteiger partial charge in [-0.1, -0.05) is 17.3 Å². The van der Waals surface area contributed by atoms with Gasteiger partial charge < -0.3 is 9.84 Å². The van der Waals surface area contributed by atoms with Gasteiger partial charge in [-0.2, -0.15) is 14.6 Å². The van der Waals surface area contributed by atoms with Gasteiger partial charge in [-0.3, -0.25) is 4.79 Å². The van der Waals surface area contributed by atoms with Gasteiger partial charge in [-0.05, 0) is 49.2 Å². The molecular formula is C22H21N5O4S. The Bertz CT molecular complexity index is 1270. The summed E-state index contributed by atoms with van der Waals surface area (Å²) in [4.78, 5) is 17.2. The summed E-state index contributed by atoms with van der Waals surface area (Å²) in [5.41, 5.74) is 1.63. The number of hydrogen-bond acceptors (Lipinski definition) is 7. The number of nitriles is 1. The van der Waals surface area contributed by atoms with Crippen LogP contribution in [-0.2, 0) is 14.8 Å². The van der Waals surface area contributed by atoms with Gasteiger partial charge >= 0.3 is 0 Å². The van der Waals surface area contributed by atoms with Gasteiger partial charge in [0.1, 0.15) is 0 Å². The summed E-state index contributed by atoms with van der Waals surface area (Å²) >= 11 is 0. The summed E-state index contributed by atoms with van der Waals surface area (Å²) in [7, 11) is -3.67. The summed E-state index contributed by atoms with van der Waals surface area (Å²) in [6, 6.07) is 15.0. The molecular weight excluding hydrogens is 430 g/mol. The van der Waals surface area contributed by atoms with E-state index in [0.29, 0.717) is 41.4 Å². The lowest BCUT2D eigenvalue weighted by Gasteiger charge is -2.30. The minimum atomic E-state index is -3.67. The number of aromatic nitrogens is 2. The molecule has 0 unspecified atom stereocenters. The number of carbonyl (C=O) groups is 1. The molecule has 0 bridgehead atoms. The van der Waals surface area contributed by atoms with E-state index < -0.39 is 10.0 Å². The molecule has 1 amide bonds. The Balaban J connectivity index is 1.42. The van der Waals surface area contributed by atoms with Crippen molar-refractivity contribution in [1.29, 1.82) is 5.26 Å². The average Bonchev–Trinajstić information content (AvgIpc) is 3.25. The predicted molar refractivity (Wildman–Crippen MR) is 116 cm³/mol. The number of nitrogens with zero attached hydrogens (tertiary/aromatic N) is 4. The van der Waals surface area contributed by atoms with Crippen LogP contribution in [0.15, 0.2) is 57.9 Å². The highest BCUT2D eigenvalue weighted by atomic mass is 32.2. The summed E-state index contributed by atoms with van der Waals surface area (Å²) in [6.45, 7) is 2.18. The quantitative estimate of drug-likeness (QED) is 0.631. The molecule has 0 aliphatic carbocycles. The minimum Gasteiger partial charge on any atom is -0.339 e. The zero-order chi connectivity index (χ0) is 22.7. The van der Waals surface area contributed by atoms with Gasteiger partial charge in [0.05, 0.1) is 22.2 Å². The van der Waals surface area contributed by atoms with E-state index >= 15 is 0 Å². The van der Waals surface area contributed by atoms with Crippen LogP contribution in [0.5, 0.6) is 0 Å². The number of amides is 1. The molecule has 0 spiro atoms. The van der Waals surface area contributed by atoms with Crippen molar-refractivity contribution in [3.05, 3.63) is 60.0 Å². The van der Waals surface area contributed by atoms with E-state index in [9.17, 15) is 13.2 Å². The molecule has 1 aliphatic rings. The number of aryl methyl sites for hydroxylation is 1. The highest BCUT2D eigenvalue weighted by molar-refractivity contribution is 7.89. The van der Waals surface area contributed by atoms with Gasteiger partial charge in [-0.25, -0.2) is 8.42 Å². The molecule has 1 N–H and O–H groups in total. The van der Waals surface area contributed by atoms with E-state index in [2.05, 4.69) is 15.5 Å². The van der Waals surface area contributed by atoms with Crippen molar-refractivity contribution in [2.45, 2.75) is 24.7 Å². The molecule has 1 aromatic heterocycles. The molecule has 1 fully saturated rings. The molecule has 1 saturated heterocycles. The first-order valence-electron chi connectivity index (χ1n) is 10.1. The van der Waals surface area contributed by atoms with Crippen molar-refractivity contribution in [3.8, 4) is 17.5 Å². The monoisotopic (exact) mass is 451 g/mol. The SMILES string of the molecule is Cc1nc(-c2ccccc2NC(=O)C2CCN(S(=O)(=O)c3ccc(C#N)cc3)CC2)no1. The van der Waals surface area contributed by atoms with E-state index in [4.69, 9.17) is 9.78 Å². The van der Waals surface area contributed by atoms with Crippen LogP contribution in [0.2, 0.25) is 0 Å². The molecule has 9 nitrogen and oxygen atoms in total. The lowest BCUT2D eigenvalue weighted by atomic mass is 9.97. The van der Waals surface area contributed by atoms with Crippen LogP contribution in [0, 0.1) is 24.2 Å². The molecule has 2 heterocycles. The largest absolute Gasteiger partial charge is 0.339 e.